The minimum atomic E-state index is -0.380. The molecule has 1 aliphatic heterocycles. The minimum absolute atomic E-state index is 0.152. The van der Waals surface area contributed by atoms with Crippen molar-refractivity contribution in [3.05, 3.63) is 64.3 Å². The SMILES string of the molecule is O=C(NNc1ccc(F)cc1)c1ccc(=O)n(CCN2CCOCC2)c1. The summed E-state index contributed by atoms with van der Waals surface area (Å²) in [5.41, 5.74) is 6.01. The monoisotopic (exact) mass is 360 g/mol. The van der Waals surface area contributed by atoms with Gasteiger partial charge in [-0.1, -0.05) is 0 Å². The summed E-state index contributed by atoms with van der Waals surface area (Å²) in [5.74, 6) is -0.733. The van der Waals surface area contributed by atoms with E-state index in [9.17, 15) is 14.0 Å². The molecule has 0 unspecified atom stereocenters. The van der Waals surface area contributed by atoms with Gasteiger partial charge in [0.15, 0.2) is 0 Å². The van der Waals surface area contributed by atoms with E-state index in [1.54, 1.807) is 6.20 Å². The molecule has 0 atom stereocenters. The molecule has 26 heavy (non-hydrogen) atoms. The molecule has 1 aromatic heterocycles. The van der Waals surface area contributed by atoms with Crippen molar-refractivity contribution >= 4 is 11.6 Å². The normalized spacial score (nSPS) is 14.8. The van der Waals surface area contributed by atoms with E-state index in [0.717, 1.165) is 19.6 Å². The van der Waals surface area contributed by atoms with Gasteiger partial charge in [0.2, 0.25) is 0 Å². The first-order valence-corrected chi connectivity index (χ1v) is 8.44. The fraction of sp³-hybridized carbons (Fsp3) is 0.333. The Morgan fingerprint density at radius 1 is 1.08 bits per heavy atom. The van der Waals surface area contributed by atoms with Gasteiger partial charge < -0.3 is 9.30 Å². The average molecular weight is 360 g/mol. The number of nitrogens with zero attached hydrogens (tertiary/aromatic N) is 2. The van der Waals surface area contributed by atoms with Crippen LogP contribution in [-0.2, 0) is 11.3 Å². The Labute approximate surface area is 150 Å². The van der Waals surface area contributed by atoms with Crippen molar-refractivity contribution in [2.24, 2.45) is 0 Å². The van der Waals surface area contributed by atoms with Crippen LogP contribution in [0.5, 0.6) is 0 Å². The van der Waals surface area contributed by atoms with Crippen molar-refractivity contribution in [3.63, 3.8) is 0 Å². The second kappa shape index (κ2) is 8.59. The van der Waals surface area contributed by atoms with Crippen molar-refractivity contribution in [2.45, 2.75) is 6.54 Å². The zero-order valence-corrected chi connectivity index (χ0v) is 14.3. The van der Waals surface area contributed by atoms with Gasteiger partial charge in [0.1, 0.15) is 5.82 Å². The van der Waals surface area contributed by atoms with Crippen molar-refractivity contribution in [2.75, 3.05) is 38.3 Å². The van der Waals surface area contributed by atoms with Crippen LogP contribution < -0.4 is 16.4 Å². The molecule has 0 bridgehead atoms. The third kappa shape index (κ3) is 4.90. The Morgan fingerprint density at radius 3 is 2.54 bits per heavy atom. The molecule has 0 aliphatic carbocycles. The van der Waals surface area contributed by atoms with Crippen LogP contribution in [0.4, 0.5) is 10.1 Å². The number of ether oxygens (including phenoxy) is 1. The number of halogens is 1. The lowest BCUT2D eigenvalue weighted by atomic mass is 10.2. The fourth-order valence-electron chi connectivity index (χ4n) is 2.65. The minimum Gasteiger partial charge on any atom is -0.379 e. The molecule has 2 N–H and O–H groups in total. The van der Waals surface area contributed by atoms with Gasteiger partial charge in [-0.2, -0.15) is 0 Å². The van der Waals surface area contributed by atoms with Crippen LogP contribution in [0.25, 0.3) is 0 Å². The molecule has 1 amide bonds. The summed E-state index contributed by atoms with van der Waals surface area (Å²) in [4.78, 5) is 26.5. The van der Waals surface area contributed by atoms with E-state index in [0.29, 0.717) is 31.0 Å². The number of aromatic nitrogens is 1. The number of pyridine rings is 1. The summed E-state index contributed by atoms with van der Waals surface area (Å²) >= 11 is 0. The van der Waals surface area contributed by atoms with E-state index in [2.05, 4.69) is 15.8 Å². The summed E-state index contributed by atoms with van der Waals surface area (Å²) in [5, 5.41) is 0. The highest BCUT2D eigenvalue weighted by molar-refractivity contribution is 5.94. The Kier molecular flexibility index (Phi) is 5.98. The quantitative estimate of drug-likeness (QED) is 0.754. The predicted octanol–water partition coefficient (Wildman–Crippen LogP) is 1.08. The molecule has 1 fully saturated rings. The van der Waals surface area contributed by atoms with Gasteiger partial charge in [0.05, 0.1) is 24.5 Å². The second-order valence-corrected chi connectivity index (χ2v) is 5.99. The molecule has 1 saturated heterocycles. The van der Waals surface area contributed by atoms with Crippen LogP contribution in [0, 0.1) is 5.82 Å². The standard InChI is InChI=1S/C18H21FN4O3/c19-15-2-4-16(5-3-15)20-21-18(25)14-1-6-17(24)23(13-14)8-7-22-9-11-26-12-10-22/h1-6,13,20H,7-12H2,(H,21,25). The number of carbonyl (C=O) groups is 1. The Balaban J connectivity index is 1.59. The van der Waals surface area contributed by atoms with Crippen LogP contribution in [0.15, 0.2) is 47.4 Å². The van der Waals surface area contributed by atoms with Gasteiger partial charge in [0.25, 0.3) is 11.5 Å². The lowest BCUT2D eigenvalue weighted by Crippen LogP contribution is -2.39. The lowest BCUT2D eigenvalue weighted by Gasteiger charge is -2.26. The second-order valence-electron chi connectivity index (χ2n) is 5.99. The van der Waals surface area contributed by atoms with Gasteiger partial charge in [-0.3, -0.25) is 25.3 Å². The summed E-state index contributed by atoms with van der Waals surface area (Å²) in [6.45, 7) is 4.32. The number of hydrogen-bond acceptors (Lipinski definition) is 5. The smallest absolute Gasteiger partial charge is 0.271 e. The van der Waals surface area contributed by atoms with Crippen LogP contribution >= 0.6 is 0 Å². The topological polar surface area (TPSA) is 75.6 Å². The zero-order chi connectivity index (χ0) is 18.4. The van der Waals surface area contributed by atoms with Gasteiger partial charge in [-0.05, 0) is 30.3 Å². The van der Waals surface area contributed by atoms with E-state index >= 15 is 0 Å². The van der Waals surface area contributed by atoms with E-state index in [-0.39, 0.29) is 17.3 Å². The molecule has 8 heteroatoms. The number of morpholine rings is 1. The Morgan fingerprint density at radius 2 is 1.81 bits per heavy atom. The van der Waals surface area contributed by atoms with Gasteiger partial charge >= 0.3 is 0 Å². The lowest BCUT2D eigenvalue weighted by molar-refractivity contribution is 0.0363. The van der Waals surface area contributed by atoms with Gasteiger partial charge in [0, 0.05) is 38.4 Å². The third-order valence-corrected chi connectivity index (χ3v) is 4.17. The maximum absolute atomic E-state index is 12.9. The molecule has 138 valence electrons. The first kappa shape index (κ1) is 18.1. The first-order valence-electron chi connectivity index (χ1n) is 8.44. The van der Waals surface area contributed by atoms with E-state index < -0.39 is 0 Å². The highest BCUT2D eigenvalue weighted by Gasteiger charge is 2.12. The summed E-state index contributed by atoms with van der Waals surface area (Å²) in [7, 11) is 0. The molecule has 2 heterocycles. The molecule has 7 nitrogen and oxygen atoms in total. The summed E-state index contributed by atoms with van der Waals surface area (Å²) < 4.78 is 19.7. The van der Waals surface area contributed by atoms with Crippen molar-refractivity contribution < 1.29 is 13.9 Å². The van der Waals surface area contributed by atoms with Crippen molar-refractivity contribution in [1.29, 1.82) is 0 Å². The number of rotatable bonds is 6. The molecule has 0 radical (unpaired) electrons. The highest BCUT2D eigenvalue weighted by atomic mass is 19.1. The van der Waals surface area contributed by atoms with Crippen LogP contribution in [0.2, 0.25) is 0 Å². The Hall–Kier alpha value is -2.71. The third-order valence-electron chi connectivity index (χ3n) is 4.17. The highest BCUT2D eigenvalue weighted by Crippen LogP contribution is 2.07. The number of nitrogens with one attached hydrogen (secondary N) is 2. The maximum Gasteiger partial charge on any atom is 0.271 e. The molecule has 2 aromatic rings. The number of anilines is 1. The van der Waals surface area contributed by atoms with E-state index in [1.807, 2.05) is 0 Å². The van der Waals surface area contributed by atoms with Gasteiger partial charge in [-0.25, -0.2) is 4.39 Å². The van der Waals surface area contributed by atoms with Crippen LogP contribution in [0.3, 0.4) is 0 Å². The number of hydrogen-bond donors (Lipinski definition) is 2. The number of carbonyl (C=O) groups excluding carboxylic acids is 1. The predicted molar refractivity (Wildman–Crippen MR) is 95.4 cm³/mol. The largest absolute Gasteiger partial charge is 0.379 e. The molecular weight excluding hydrogens is 339 g/mol. The molecule has 3 rings (SSSR count). The molecule has 0 spiro atoms. The Bertz CT molecular complexity index is 801. The van der Waals surface area contributed by atoms with E-state index in [4.69, 9.17) is 4.74 Å². The summed E-state index contributed by atoms with van der Waals surface area (Å²) in [6.07, 6.45) is 1.55. The molecule has 0 saturated carbocycles. The first-order chi connectivity index (χ1) is 12.6. The average Bonchev–Trinajstić information content (AvgIpc) is 2.67. The molecule has 1 aromatic carbocycles. The van der Waals surface area contributed by atoms with Crippen molar-refractivity contribution in [3.8, 4) is 0 Å². The number of amides is 1. The van der Waals surface area contributed by atoms with Crippen molar-refractivity contribution in [1.82, 2.24) is 14.9 Å². The van der Waals surface area contributed by atoms with Crippen LogP contribution in [0.1, 0.15) is 10.4 Å². The van der Waals surface area contributed by atoms with Crippen LogP contribution in [-0.4, -0.2) is 48.2 Å². The van der Waals surface area contributed by atoms with E-state index in [1.165, 1.54) is 41.0 Å². The summed E-state index contributed by atoms with van der Waals surface area (Å²) in [6, 6.07) is 8.47. The molecular formula is C18H21FN4O3. The maximum atomic E-state index is 12.9. The zero-order valence-electron chi connectivity index (χ0n) is 14.3. The fourth-order valence-corrected chi connectivity index (χ4v) is 2.65. The molecule has 1 aliphatic rings. The van der Waals surface area contributed by atoms with Gasteiger partial charge in [-0.15, -0.1) is 0 Å². The number of benzene rings is 1. The number of hydrazine groups is 1.